The average Bonchev–Trinajstić information content (AvgIpc) is 3.22. The van der Waals surface area contributed by atoms with Crippen LogP contribution in [0.25, 0.3) is 5.65 Å². The normalized spacial score (nSPS) is 19.0. The fourth-order valence-electron chi connectivity index (χ4n) is 3.97. The Morgan fingerprint density at radius 3 is 2.62 bits per heavy atom. The van der Waals surface area contributed by atoms with E-state index >= 15 is 0 Å². The molecule has 7 nitrogen and oxygen atoms in total. The molecule has 0 aliphatic heterocycles. The molecule has 1 saturated carbocycles. The molecular formula is C22H25F3N6O. The first-order chi connectivity index (χ1) is 15.3. The van der Waals surface area contributed by atoms with E-state index in [4.69, 9.17) is 0 Å². The molecule has 3 aromatic rings. The number of nitrogens with zero attached hydrogens (tertiary/aromatic N) is 3. The van der Waals surface area contributed by atoms with Crippen molar-refractivity contribution in [2.45, 2.75) is 50.9 Å². The number of halogens is 3. The fourth-order valence-corrected chi connectivity index (χ4v) is 3.97. The van der Waals surface area contributed by atoms with Crippen molar-refractivity contribution in [3.63, 3.8) is 0 Å². The minimum Gasteiger partial charge on any atom is -0.370 e. The third kappa shape index (κ3) is 4.95. The maximum atomic E-state index is 13.0. The highest BCUT2D eigenvalue weighted by atomic mass is 19.4. The zero-order valence-corrected chi connectivity index (χ0v) is 17.6. The lowest BCUT2D eigenvalue weighted by Gasteiger charge is -2.30. The van der Waals surface area contributed by atoms with Crippen LogP contribution in [0.2, 0.25) is 0 Å². The zero-order chi connectivity index (χ0) is 22.7. The first-order valence-corrected chi connectivity index (χ1v) is 10.7. The van der Waals surface area contributed by atoms with Gasteiger partial charge in [-0.15, -0.1) is 0 Å². The van der Waals surface area contributed by atoms with E-state index < -0.39 is 11.9 Å². The molecule has 3 heterocycles. The average molecular weight is 446 g/mol. The van der Waals surface area contributed by atoms with Crippen molar-refractivity contribution >= 4 is 23.2 Å². The maximum absolute atomic E-state index is 13.0. The van der Waals surface area contributed by atoms with Crippen LogP contribution in [-0.4, -0.2) is 38.9 Å². The van der Waals surface area contributed by atoms with Crippen molar-refractivity contribution < 1.29 is 18.0 Å². The topological polar surface area (TPSA) is 83.4 Å². The molecule has 1 amide bonds. The summed E-state index contributed by atoms with van der Waals surface area (Å²) in [6.07, 6.45) is 1.28. The smallest absolute Gasteiger partial charge is 0.370 e. The Bertz CT molecular complexity index is 1090. The largest absolute Gasteiger partial charge is 0.434 e. The summed E-state index contributed by atoms with van der Waals surface area (Å²) in [5.74, 6) is 1.10. The van der Waals surface area contributed by atoms with E-state index in [1.54, 1.807) is 36.5 Å². The van der Waals surface area contributed by atoms with Crippen LogP contribution in [-0.2, 0) is 6.18 Å². The molecule has 1 aliphatic carbocycles. The van der Waals surface area contributed by atoms with E-state index in [0.29, 0.717) is 17.2 Å². The molecule has 0 spiro atoms. The summed E-state index contributed by atoms with van der Waals surface area (Å²) in [6.45, 7) is 2.68. The predicted octanol–water partition coefficient (Wildman–Crippen LogP) is 4.33. The minimum atomic E-state index is -4.48. The van der Waals surface area contributed by atoms with Gasteiger partial charge in [-0.2, -0.15) is 13.2 Å². The SMILES string of the molecule is CCNc1cc(C(=O)N[C@H]2CC[C@@H](Nc3cccc4nc(C(F)(F)F)cn34)CC2)ccn1. The van der Waals surface area contributed by atoms with Crippen LogP contribution in [0.5, 0.6) is 0 Å². The van der Waals surface area contributed by atoms with Gasteiger partial charge < -0.3 is 16.0 Å². The Labute approximate surface area is 183 Å². The Morgan fingerprint density at radius 2 is 1.91 bits per heavy atom. The van der Waals surface area contributed by atoms with E-state index in [0.717, 1.165) is 38.4 Å². The van der Waals surface area contributed by atoms with Crippen LogP contribution in [0, 0.1) is 0 Å². The lowest BCUT2D eigenvalue weighted by molar-refractivity contribution is -0.140. The Balaban J connectivity index is 1.35. The molecule has 1 aliphatic rings. The van der Waals surface area contributed by atoms with Crippen LogP contribution >= 0.6 is 0 Å². The van der Waals surface area contributed by atoms with E-state index in [1.807, 2.05) is 6.92 Å². The maximum Gasteiger partial charge on any atom is 0.434 e. The van der Waals surface area contributed by atoms with Crippen molar-refractivity contribution in [1.29, 1.82) is 0 Å². The molecule has 3 aromatic heterocycles. The molecule has 4 rings (SSSR count). The van der Waals surface area contributed by atoms with Gasteiger partial charge in [0.25, 0.3) is 5.91 Å². The van der Waals surface area contributed by atoms with Crippen molar-refractivity contribution in [1.82, 2.24) is 19.7 Å². The summed E-state index contributed by atoms with van der Waals surface area (Å²) in [4.78, 5) is 20.4. The van der Waals surface area contributed by atoms with Crippen LogP contribution < -0.4 is 16.0 Å². The number of nitrogens with one attached hydrogen (secondary N) is 3. The van der Waals surface area contributed by atoms with E-state index in [9.17, 15) is 18.0 Å². The number of rotatable bonds is 6. The Kier molecular flexibility index (Phi) is 6.20. The van der Waals surface area contributed by atoms with Crippen molar-refractivity contribution in [2.75, 3.05) is 17.2 Å². The summed E-state index contributed by atoms with van der Waals surface area (Å²) in [6, 6.07) is 8.55. The Morgan fingerprint density at radius 1 is 1.16 bits per heavy atom. The van der Waals surface area contributed by atoms with Crippen LogP contribution in [0.15, 0.2) is 42.7 Å². The van der Waals surface area contributed by atoms with Gasteiger partial charge in [0.05, 0.1) is 0 Å². The molecule has 10 heteroatoms. The van der Waals surface area contributed by atoms with E-state index in [1.165, 1.54) is 4.40 Å². The molecule has 0 unspecified atom stereocenters. The first-order valence-electron chi connectivity index (χ1n) is 10.7. The highest BCUT2D eigenvalue weighted by Crippen LogP contribution is 2.30. The second kappa shape index (κ2) is 9.05. The summed E-state index contributed by atoms with van der Waals surface area (Å²) < 4.78 is 40.5. The Hall–Kier alpha value is -3.30. The molecule has 32 heavy (non-hydrogen) atoms. The molecule has 0 radical (unpaired) electrons. The standard InChI is InChI=1S/C22H25F3N6O/c1-2-26-18-12-14(10-11-27-18)21(32)29-16-8-6-15(7-9-16)28-19-4-3-5-20-30-17(13-31(19)20)22(23,24)25/h3-5,10-13,15-16,28H,2,6-9H2,1H3,(H,26,27)(H,29,32)/t15-,16+. The predicted molar refractivity (Wildman–Crippen MR) is 116 cm³/mol. The van der Waals surface area contributed by atoms with E-state index in [2.05, 4.69) is 25.9 Å². The zero-order valence-electron chi connectivity index (χ0n) is 17.6. The number of pyridine rings is 2. The molecule has 0 aromatic carbocycles. The monoisotopic (exact) mass is 446 g/mol. The van der Waals surface area contributed by atoms with Crippen LogP contribution in [0.4, 0.5) is 24.8 Å². The highest BCUT2D eigenvalue weighted by molar-refractivity contribution is 5.95. The molecule has 0 bridgehead atoms. The molecule has 3 N–H and O–H groups in total. The summed E-state index contributed by atoms with van der Waals surface area (Å²) >= 11 is 0. The van der Waals surface area contributed by atoms with Crippen molar-refractivity contribution in [2.24, 2.45) is 0 Å². The molecule has 0 saturated heterocycles. The number of carbonyl (C=O) groups is 1. The highest BCUT2D eigenvalue weighted by Gasteiger charge is 2.34. The van der Waals surface area contributed by atoms with Crippen LogP contribution in [0.3, 0.4) is 0 Å². The van der Waals surface area contributed by atoms with Gasteiger partial charge in [-0.05, 0) is 56.9 Å². The number of hydrogen-bond donors (Lipinski definition) is 3. The third-order valence-electron chi connectivity index (χ3n) is 5.58. The second-order valence-corrected chi connectivity index (χ2v) is 7.89. The van der Waals surface area contributed by atoms with Crippen molar-refractivity contribution in [3.05, 3.63) is 54.0 Å². The van der Waals surface area contributed by atoms with Gasteiger partial charge in [0.15, 0.2) is 5.69 Å². The minimum absolute atomic E-state index is 0.0529. The number of aromatic nitrogens is 3. The molecular weight excluding hydrogens is 421 g/mol. The first kappa shape index (κ1) is 21.9. The fraction of sp³-hybridized carbons (Fsp3) is 0.409. The summed E-state index contributed by atoms with van der Waals surface area (Å²) in [5.41, 5.74) is -0.104. The number of hydrogen-bond acceptors (Lipinski definition) is 5. The number of amides is 1. The number of imidazole rings is 1. The number of carbonyl (C=O) groups excluding carboxylic acids is 1. The summed E-state index contributed by atoms with van der Waals surface area (Å²) in [5, 5.41) is 9.51. The second-order valence-electron chi connectivity index (χ2n) is 7.89. The van der Waals surface area contributed by atoms with E-state index in [-0.39, 0.29) is 23.6 Å². The van der Waals surface area contributed by atoms with Gasteiger partial charge in [-0.1, -0.05) is 6.07 Å². The lowest BCUT2D eigenvalue weighted by atomic mass is 9.91. The van der Waals surface area contributed by atoms with Crippen LogP contribution in [0.1, 0.15) is 48.7 Å². The van der Waals surface area contributed by atoms with Gasteiger partial charge in [-0.3, -0.25) is 9.20 Å². The molecule has 0 atom stereocenters. The van der Waals surface area contributed by atoms with Crippen molar-refractivity contribution in [3.8, 4) is 0 Å². The van der Waals surface area contributed by atoms with Gasteiger partial charge in [0, 0.05) is 36.6 Å². The number of anilines is 2. The van der Waals surface area contributed by atoms with Gasteiger partial charge in [-0.25, -0.2) is 9.97 Å². The molecule has 1 fully saturated rings. The van der Waals surface area contributed by atoms with Gasteiger partial charge in [0.1, 0.15) is 17.3 Å². The lowest BCUT2D eigenvalue weighted by Crippen LogP contribution is -2.40. The van der Waals surface area contributed by atoms with Gasteiger partial charge >= 0.3 is 6.18 Å². The number of alkyl halides is 3. The molecule has 170 valence electrons. The quantitative estimate of drug-likeness (QED) is 0.525. The van der Waals surface area contributed by atoms with Gasteiger partial charge in [0.2, 0.25) is 0 Å². The number of fused-ring (bicyclic) bond motifs is 1. The summed E-state index contributed by atoms with van der Waals surface area (Å²) in [7, 11) is 0. The third-order valence-corrected chi connectivity index (χ3v) is 5.58.